The molecule has 1 aliphatic rings. The number of rotatable bonds is 5. The van der Waals surface area contributed by atoms with Gasteiger partial charge in [0.15, 0.2) is 0 Å². The Bertz CT molecular complexity index is 364. The Morgan fingerprint density at radius 1 is 1.56 bits per heavy atom. The van der Waals surface area contributed by atoms with Crippen molar-refractivity contribution in [2.45, 2.75) is 58.7 Å². The van der Waals surface area contributed by atoms with Gasteiger partial charge in [-0.05, 0) is 25.2 Å². The van der Waals surface area contributed by atoms with Crippen LogP contribution in [0.5, 0.6) is 0 Å². The number of nitrogens with zero attached hydrogens (tertiary/aromatic N) is 1. The molecule has 2 unspecified atom stereocenters. The van der Waals surface area contributed by atoms with Crippen molar-refractivity contribution in [3.05, 3.63) is 16.1 Å². The van der Waals surface area contributed by atoms with Gasteiger partial charge in [-0.2, -0.15) is 0 Å². The minimum Gasteiger partial charge on any atom is -0.378 e. The van der Waals surface area contributed by atoms with Gasteiger partial charge in [-0.25, -0.2) is 4.98 Å². The van der Waals surface area contributed by atoms with Crippen LogP contribution in [0.1, 0.15) is 43.5 Å². The number of aryl methyl sites for hydroxylation is 1. The SMILES string of the molecule is CCc1cnc(CNC2CCOC(C(C)C)C2)s1. The van der Waals surface area contributed by atoms with Crippen LogP contribution in [-0.2, 0) is 17.7 Å². The fourth-order valence-corrected chi connectivity index (χ4v) is 3.12. The molecular formula is C14H24N2OS. The van der Waals surface area contributed by atoms with Crippen LogP contribution >= 0.6 is 11.3 Å². The van der Waals surface area contributed by atoms with Crippen LogP contribution in [-0.4, -0.2) is 23.7 Å². The summed E-state index contributed by atoms with van der Waals surface area (Å²) in [6.45, 7) is 8.44. The molecule has 1 aromatic heterocycles. The second-order valence-electron chi connectivity index (χ2n) is 5.33. The first-order valence-corrected chi connectivity index (χ1v) is 7.79. The summed E-state index contributed by atoms with van der Waals surface area (Å²) >= 11 is 1.82. The third-order valence-electron chi connectivity index (χ3n) is 3.55. The zero-order valence-corrected chi connectivity index (χ0v) is 12.4. The van der Waals surface area contributed by atoms with Gasteiger partial charge in [0.05, 0.1) is 6.10 Å². The lowest BCUT2D eigenvalue weighted by Crippen LogP contribution is -2.40. The number of nitrogens with one attached hydrogen (secondary N) is 1. The summed E-state index contributed by atoms with van der Waals surface area (Å²) in [5.74, 6) is 0.612. The first-order chi connectivity index (χ1) is 8.69. The lowest BCUT2D eigenvalue weighted by atomic mass is 9.95. The quantitative estimate of drug-likeness (QED) is 0.891. The van der Waals surface area contributed by atoms with E-state index in [-0.39, 0.29) is 0 Å². The number of aromatic nitrogens is 1. The van der Waals surface area contributed by atoms with Gasteiger partial charge in [0.25, 0.3) is 0 Å². The summed E-state index contributed by atoms with van der Waals surface area (Å²) in [6.07, 6.45) is 5.75. The number of ether oxygens (including phenoxy) is 1. The minimum absolute atomic E-state index is 0.416. The van der Waals surface area contributed by atoms with Gasteiger partial charge in [0.2, 0.25) is 0 Å². The van der Waals surface area contributed by atoms with Crippen LogP contribution in [0, 0.1) is 5.92 Å². The third kappa shape index (κ3) is 3.77. The molecule has 2 rings (SSSR count). The lowest BCUT2D eigenvalue weighted by molar-refractivity contribution is -0.0245. The van der Waals surface area contributed by atoms with Crippen LogP contribution in [0.2, 0.25) is 0 Å². The molecule has 0 bridgehead atoms. The maximum Gasteiger partial charge on any atom is 0.107 e. The van der Waals surface area contributed by atoms with Gasteiger partial charge in [0, 0.05) is 30.3 Å². The first-order valence-electron chi connectivity index (χ1n) is 6.97. The number of hydrogen-bond acceptors (Lipinski definition) is 4. The van der Waals surface area contributed by atoms with Gasteiger partial charge >= 0.3 is 0 Å². The first kappa shape index (κ1) is 14.0. The van der Waals surface area contributed by atoms with E-state index in [1.165, 1.54) is 9.88 Å². The second kappa shape index (κ2) is 6.64. The molecular weight excluding hydrogens is 244 g/mol. The summed E-state index contributed by atoms with van der Waals surface area (Å²) in [5, 5.41) is 4.84. The Morgan fingerprint density at radius 2 is 2.39 bits per heavy atom. The summed E-state index contributed by atoms with van der Waals surface area (Å²) in [5.41, 5.74) is 0. The molecule has 1 aliphatic heterocycles. The average molecular weight is 268 g/mol. The molecule has 18 heavy (non-hydrogen) atoms. The van der Waals surface area contributed by atoms with E-state index in [1.807, 2.05) is 17.5 Å². The van der Waals surface area contributed by atoms with Gasteiger partial charge in [0.1, 0.15) is 5.01 Å². The van der Waals surface area contributed by atoms with Crippen molar-refractivity contribution in [2.24, 2.45) is 5.92 Å². The number of hydrogen-bond donors (Lipinski definition) is 1. The Balaban J connectivity index is 1.79. The van der Waals surface area contributed by atoms with E-state index in [0.29, 0.717) is 18.1 Å². The molecule has 0 aliphatic carbocycles. The van der Waals surface area contributed by atoms with E-state index in [9.17, 15) is 0 Å². The smallest absolute Gasteiger partial charge is 0.107 e. The second-order valence-corrected chi connectivity index (χ2v) is 6.53. The highest BCUT2D eigenvalue weighted by atomic mass is 32.1. The van der Waals surface area contributed by atoms with E-state index >= 15 is 0 Å². The van der Waals surface area contributed by atoms with E-state index in [1.54, 1.807) is 0 Å². The van der Waals surface area contributed by atoms with Crippen molar-refractivity contribution in [3.8, 4) is 0 Å². The van der Waals surface area contributed by atoms with Crippen LogP contribution in [0.15, 0.2) is 6.20 Å². The lowest BCUT2D eigenvalue weighted by Gasteiger charge is -2.32. The monoisotopic (exact) mass is 268 g/mol. The van der Waals surface area contributed by atoms with Crippen LogP contribution in [0.4, 0.5) is 0 Å². The maximum absolute atomic E-state index is 5.79. The van der Waals surface area contributed by atoms with Crippen LogP contribution in [0.3, 0.4) is 0 Å². The summed E-state index contributed by atoms with van der Waals surface area (Å²) in [4.78, 5) is 5.82. The molecule has 0 amide bonds. The predicted molar refractivity (Wildman–Crippen MR) is 75.9 cm³/mol. The Labute approximate surface area is 114 Å². The Hall–Kier alpha value is -0.450. The highest BCUT2D eigenvalue weighted by Crippen LogP contribution is 2.21. The molecule has 0 spiro atoms. The average Bonchev–Trinajstić information content (AvgIpc) is 2.84. The molecule has 0 aromatic carbocycles. The molecule has 0 radical (unpaired) electrons. The van der Waals surface area contributed by atoms with Crippen molar-refractivity contribution in [2.75, 3.05) is 6.61 Å². The molecule has 1 aromatic rings. The normalized spacial score (nSPS) is 24.7. The van der Waals surface area contributed by atoms with Gasteiger partial charge < -0.3 is 10.1 Å². The van der Waals surface area contributed by atoms with E-state index in [2.05, 4.69) is 31.1 Å². The Morgan fingerprint density at radius 3 is 3.06 bits per heavy atom. The zero-order valence-electron chi connectivity index (χ0n) is 11.6. The van der Waals surface area contributed by atoms with Crippen molar-refractivity contribution in [3.63, 3.8) is 0 Å². The largest absolute Gasteiger partial charge is 0.378 e. The van der Waals surface area contributed by atoms with Crippen LogP contribution < -0.4 is 5.32 Å². The highest BCUT2D eigenvalue weighted by Gasteiger charge is 2.24. The predicted octanol–water partition coefficient (Wildman–Crippen LogP) is 3.00. The fourth-order valence-electron chi connectivity index (χ4n) is 2.30. The van der Waals surface area contributed by atoms with Crippen molar-refractivity contribution < 1.29 is 4.74 Å². The van der Waals surface area contributed by atoms with E-state index in [0.717, 1.165) is 32.4 Å². The zero-order chi connectivity index (χ0) is 13.0. The topological polar surface area (TPSA) is 34.2 Å². The molecule has 102 valence electrons. The Kier molecular flexibility index (Phi) is 5.15. The van der Waals surface area contributed by atoms with Crippen molar-refractivity contribution in [1.82, 2.24) is 10.3 Å². The molecule has 4 heteroatoms. The molecule has 0 saturated carbocycles. The molecule has 1 fully saturated rings. The van der Waals surface area contributed by atoms with E-state index in [4.69, 9.17) is 4.74 Å². The molecule has 1 saturated heterocycles. The molecule has 2 heterocycles. The fraction of sp³-hybridized carbons (Fsp3) is 0.786. The highest BCUT2D eigenvalue weighted by molar-refractivity contribution is 7.11. The van der Waals surface area contributed by atoms with Crippen molar-refractivity contribution >= 4 is 11.3 Å². The van der Waals surface area contributed by atoms with E-state index < -0.39 is 0 Å². The van der Waals surface area contributed by atoms with Gasteiger partial charge in [-0.1, -0.05) is 20.8 Å². The summed E-state index contributed by atoms with van der Waals surface area (Å²) in [7, 11) is 0. The van der Waals surface area contributed by atoms with Gasteiger partial charge in [-0.3, -0.25) is 0 Å². The third-order valence-corrected chi connectivity index (χ3v) is 4.69. The summed E-state index contributed by atoms with van der Waals surface area (Å²) < 4.78 is 5.79. The van der Waals surface area contributed by atoms with Gasteiger partial charge in [-0.15, -0.1) is 11.3 Å². The molecule has 1 N–H and O–H groups in total. The van der Waals surface area contributed by atoms with Crippen LogP contribution in [0.25, 0.3) is 0 Å². The maximum atomic E-state index is 5.79. The summed E-state index contributed by atoms with van der Waals surface area (Å²) in [6, 6.07) is 0.583. The standard InChI is InChI=1S/C14H24N2OS/c1-4-12-8-16-14(18-12)9-15-11-5-6-17-13(7-11)10(2)3/h8,10-11,13,15H,4-7,9H2,1-3H3. The van der Waals surface area contributed by atoms with Crippen molar-refractivity contribution in [1.29, 1.82) is 0 Å². The number of thiazole rings is 1. The molecule has 3 nitrogen and oxygen atoms in total. The minimum atomic E-state index is 0.416. The molecule has 2 atom stereocenters.